The van der Waals surface area contributed by atoms with Crippen LogP contribution in [0.1, 0.15) is 89.9 Å². The average molecular weight is 250 g/mol. The van der Waals surface area contributed by atoms with Crippen LogP contribution in [0.5, 0.6) is 0 Å². The second-order valence-corrected chi connectivity index (χ2v) is 5.29. The van der Waals surface area contributed by atoms with Crippen molar-refractivity contribution in [1.29, 1.82) is 0 Å². The van der Waals surface area contributed by atoms with Crippen molar-refractivity contribution in [2.75, 3.05) is 0 Å². The predicted molar refractivity (Wildman–Crippen MR) is 84.5 cm³/mol. The molecule has 2 radical (unpaired) electrons. The molecular weight excluding hydrogens is 216 g/mol. The summed E-state index contributed by atoms with van der Waals surface area (Å²) in [5, 5.41) is 0. The molecule has 0 nitrogen and oxygen atoms in total. The molecule has 0 aliphatic heterocycles. The van der Waals surface area contributed by atoms with E-state index in [0.717, 1.165) is 12.8 Å². The maximum atomic E-state index is 3.88. The molecule has 0 heterocycles. The summed E-state index contributed by atoms with van der Waals surface area (Å²) in [7, 11) is 0. The van der Waals surface area contributed by atoms with E-state index in [-0.39, 0.29) is 0 Å². The summed E-state index contributed by atoms with van der Waals surface area (Å²) in [5.74, 6) is 0. The van der Waals surface area contributed by atoms with Gasteiger partial charge in [-0.2, -0.15) is 0 Å². The summed E-state index contributed by atoms with van der Waals surface area (Å²) >= 11 is 0. The number of rotatable bonds is 14. The molecule has 18 heavy (non-hydrogen) atoms. The molecule has 0 saturated carbocycles. The standard InChI is InChI=1S/C18H34/c1-3-5-7-9-11-13-15-17-18-16-14-12-10-8-6-4-2/h5,7H,1-4,6,8-18H2. The minimum absolute atomic E-state index is 0.939. The number of hydrogen-bond acceptors (Lipinski definition) is 0. The lowest BCUT2D eigenvalue weighted by Gasteiger charge is -2.02. The molecule has 0 amide bonds. The SMILES string of the molecule is [CH2]CC=CCCCCCCCCCCCCC[CH2]. The first kappa shape index (κ1) is 17.7. The van der Waals surface area contributed by atoms with Gasteiger partial charge in [-0.05, 0) is 26.2 Å². The molecule has 0 aromatic heterocycles. The molecule has 0 aliphatic carbocycles. The van der Waals surface area contributed by atoms with Crippen LogP contribution in [0.15, 0.2) is 12.2 Å². The molecule has 0 spiro atoms. The van der Waals surface area contributed by atoms with Gasteiger partial charge in [0.25, 0.3) is 0 Å². The van der Waals surface area contributed by atoms with Crippen LogP contribution >= 0.6 is 0 Å². The summed E-state index contributed by atoms with van der Waals surface area (Å²) in [6.45, 7) is 7.67. The Bertz CT molecular complexity index is 157. The quantitative estimate of drug-likeness (QED) is 0.238. The second-order valence-electron chi connectivity index (χ2n) is 5.29. The van der Waals surface area contributed by atoms with Crippen molar-refractivity contribution in [3.63, 3.8) is 0 Å². The lowest BCUT2D eigenvalue weighted by atomic mass is 10.0. The van der Waals surface area contributed by atoms with E-state index in [0.29, 0.717) is 0 Å². The van der Waals surface area contributed by atoms with Crippen molar-refractivity contribution in [2.45, 2.75) is 89.9 Å². The molecule has 0 rings (SSSR count). The van der Waals surface area contributed by atoms with E-state index in [9.17, 15) is 0 Å². The zero-order valence-corrected chi connectivity index (χ0v) is 12.5. The Morgan fingerprint density at radius 3 is 1.39 bits per heavy atom. The van der Waals surface area contributed by atoms with Gasteiger partial charge in [-0.1, -0.05) is 89.7 Å². The molecule has 0 unspecified atom stereocenters. The van der Waals surface area contributed by atoms with E-state index in [2.05, 4.69) is 26.0 Å². The summed E-state index contributed by atoms with van der Waals surface area (Å²) in [4.78, 5) is 0. The monoisotopic (exact) mass is 250 g/mol. The van der Waals surface area contributed by atoms with Gasteiger partial charge in [0.1, 0.15) is 0 Å². The first-order valence-electron chi connectivity index (χ1n) is 8.15. The number of hydrogen-bond donors (Lipinski definition) is 0. The summed E-state index contributed by atoms with van der Waals surface area (Å²) < 4.78 is 0. The van der Waals surface area contributed by atoms with Crippen molar-refractivity contribution in [1.82, 2.24) is 0 Å². The number of allylic oxidation sites excluding steroid dienone is 2. The Hall–Kier alpha value is -0.260. The van der Waals surface area contributed by atoms with Gasteiger partial charge < -0.3 is 0 Å². The van der Waals surface area contributed by atoms with Crippen molar-refractivity contribution in [2.24, 2.45) is 0 Å². The molecule has 0 aromatic carbocycles. The lowest BCUT2D eigenvalue weighted by Crippen LogP contribution is -1.82. The van der Waals surface area contributed by atoms with E-state index in [1.54, 1.807) is 0 Å². The molecule has 106 valence electrons. The third kappa shape index (κ3) is 15.7. The van der Waals surface area contributed by atoms with Gasteiger partial charge in [0.05, 0.1) is 0 Å². The van der Waals surface area contributed by atoms with Crippen LogP contribution in [0.25, 0.3) is 0 Å². The summed E-state index contributed by atoms with van der Waals surface area (Å²) in [6.07, 6.45) is 23.3. The maximum Gasteiger partial charge on any atom is -0.0351 e. The van der Waals surface area contributed by atoms with Crippen molar-refractivity contribution in [3.05, 3.63) is 26.0 Å². The van der Waals surface area contributed by atoms with E-state index in [1.165, 1.54) is 77.0 Å². The molecule has 0 aliphatic rings. The van der Waals surface area contributed by atoms with Crippen molar-refractivity contribution in [3.8, 4) is 0 Å². The number of unbranched alkanes of at least 4 members (excludes halogenated alkanes) is 12. The zero-order chi connectivity index (χ0) is 13.3. The molecular formula is C18H34. The summed E-state index contributed by atoms with van der Waals surface area (Å²) in [5.41, 5.74) is 0. The van der Waals surface area contributed by atoms with Crippen LogP contribution in [0.3, 0.4) is 0 Å². The third-order valence-corrected chi connectivity index (χ3v) is 3.45. The Labute approximate surface area is 116 Å². The summed E-state index contributed by atoms with van der Waals surface area (Å²) in [6, 6.07) is 0. The van der Waals surface area contributed by atoms with Gasteiger partial charge in [0, 0.05) is 0 Å². The third-order valence-electron chi connectivity index (χ3n) is 3.45. The first-order valence-corrected chi connectivity index (χ1v) is 8.15. The van der Waals surface area contributed by atoms with Crippen LogP contribution in [0.2, 0.25) is 0 Å². The van der Waals surface area contributed by atoms with Gasteiger partial charge in [0.2, 0.25) is 0 Å². The molecule has 0 aromatic rings. The predicted octanol–water partition coefficient (Wildman–Crippen LogP) is 6.67. The molecule has 0 saturated heterocycles. The second kappa shape index (κ2) is 16.7. The molecule has 0 atom stereocenters. The molecule has 0 fully saturated rings. The average Bonchev–Trinajstić information content (AvgIpc) is 2.39. The van der Waals surface area contributed by atoms with Gasteiger partial charge in [0.15, 0.2) is 0 Å². The van der Waals surface area contributed by atoms with Gasteiger partial charge in [-0.25, -0.2) is 0 Å². The van der Waals surface area contributed by atoms with Crippen LogP contribution < -0.4 is 0 Å². The van der Waals surface area contributed by atoms with Gasteiger partial charge in [-0.15, -0.1) is 0 Å². The zero-order valence-electron chi connectivity index (χ0n) is 12.5. The largest absolute Gasteiger partial charge is 0.0885 e. The maximum absolute atomic E-state index is 3.88. The molecule has 0 bridgehead atoms. The highest BCUT2D eigenvalue weighted by atomic mass is 14.0. The van der Waals surface area contributed by atoms with Gasteiger partial charge in [-0.3, -0.25) is 0 Å². The Morgan fingerprint density at radius 1 is 0.500 bits per heavy atom. The fourth-order valence-corrected chi connectivity index (χ4v) is 2.27. The lowest BCUT2D eigenvalue weighted by molar-refractivity contribution is 0.547. The highest BCUT2D eigenvalue weighted by Gasteiger charge is 1.92. The van der Waals surface area contributed by atoms with E-state index >= 15 is 0 Å². The van der Waals surface area contributed by atoms with Crippen LogP contribution in [-0.4, -0.2) is 0 Å². The smallest absolute Gasteiger partial charge is 0.0351 e. The Morgan fingerprint density at radius 2 is 0.944 bits per heavy atom. The van der Waals surface area contributed by atoms with Crippen LogP contribution in [0.4, 0.5) is 0 Å². The van der Waals surface area contributed by atoms with Crippen molar-refractivity contribution >= 4 is 0 Å². The fourth-order valence-electron chi connectivity index (χ4n) is 2.27. The minimum atomic E-state index is 0.939. The highest BCUT2D eigenvalue weighted by Crippen LogP contribution is 2.12. The minimum Gasteiger partial charge on any atom is -0.0885 e. The van der Waals surface area contributed by atoms with Crippen LogP contribution in [0, 0.1) is 13.8 Å². The van der Waals surface area contributed by atoms with Crippen LogP contribution in [-0.2, 0) is 0 Å². The molecule has 0 heteroatoms. The van der Waals surface area contributed by atoms with E-state index < -0.39 is 0 Å². The van der Waals surface area contributed by atoms with Gasteiger partial charge >= 0.3 is 0 Å². The first-order chi connectivity index (χ1) is 8.91. The van der Waals surface area contributed by atoms with Crippen molar-refractivity contribution < 1.29 is 0 Å². The van der Waals surface area contributed by atoms with E-state index in [4.69, 9.17) is 0 Å². The topological polar surface area (TPSA) is 0 Å². The Kier molecular flexibility index (Phi) is 16.5. The fraction of sp³-hybridized carbons (Fsp3) is 0.778. The normalized spacial score (nSPS) is 11.4. The Balaban J connectivity index is 2.92. The van der Waals surface area contributed by atoms with E-state index in [1.807, 2.05) is 0 Å². The highest BCUT2D eigenvalue weighted by molar-refractivity contribution is 4.81. The molecule has 0 N–H and O–H groups in total.